The fraction of sp³-hybridized carbons (Fsp3) is 0.462. The minimum Gasteiger partial charge on any atom is -0.380 e. The first-order valence-electron chi connectivity index (χ1n) is 6.00. The molecule has 0 saturated carbocycles. The number of rotatable bonds is 6. The topological polar surface area (TPSA) is 81.1 Å². The van der Waals surface area contributed by atoms with Gasteiger partial charge in [0.1, 0.15) is 0 Å². The zero-order chi connectivity index (χ0) is 13.7. The molecule has 0 aliphatic rings. The van der Waals surface area contributed by atoms with Gasteiger partial charge in [-0.25, -0.2) is 0 Å². The molecule has 1 aromatic carbocycles. The number of hydrogen-bond donors (Lipinski definition) is 3. The Morgan fingerprint density at radius 2 is 2.11 bits per heavy atom. The highest BCUT2D eigenvalue weighted by Gasteiger charge is 2.14. The Hall–Kier alpha value is -1.26. The molecule has 0 radical (unpaired) electrons. The highest BCUT2D eigenvalue weighted by Crippen LogP contribution is 2.22. The predicted molar refractivity (Wildman–Crippen MR) is 75.9 cm³/mol. The van der Waals surface area contributed by atoms with Crippen LogP contribution in [0.15, 0.2) is 18.2 Å². The Bertz CT molecular complexity index is 421. The van der Waals surface area contributed by atoms with Crippen molar-refractivity contribution in [2.24, 2.45) is 17.4 Å². The van der Waals surface area contributed by atoms with E-state index in [2.05, 4.69) is 19.2 Å². The number of carbonyl (C=O) groups excluding carboxylic acids is 1. The Morgan fingerprint density at radius 3 is 2.61 bits per heavy atom. The molecule has 0 saturated heterocycles. The van der Waals surface area contributed by atoms with E-state index >= 15 is 0 Å². The molecular formula is C13H20ClN3O. The van der Waals surface area contributed by atoms with Crippen molar-refractivity contribution in [3.05, 3.63) is 28.8 Å². The Balaban J connectivity index is 2.93. The van der Waals surface area contributed by atoms with E-state index in [0.717, 1.165) is 6.42 Å². The second-order valence-electron chi connectivity index (χ2n) is 4.76. The van der Waals surface area contributed by atoms with E-state index in [0.29, 0.717) is 28.7 Å². The number of amides is 1. The first-order valence-corrected chi connectivity index (χ1v) is 6.37. The van der Waals surface area contributed by atoms with Crippen molar-refractivity contribution >= 4 is 23.2 Å². The molecule has 1 atom stereocenters. The highest BCUT2D eigenvalue weighted by molar-refractivity contribution is 6.31. The lowest BCUT2D eigenvalue weighted by atomic mass is 10.0. The summed E-state index contributed by atoms with van der Waals surface area (Å²) < 4.78 is 0. The van der Waals surface area contributed by atoms with Gasteiger partial charge in [-0.15, -0.1) is 0 Å². The molecule has 0 bridgehead atoms. The number of anilines is 1. The maximum absolute atomic E-state index is 11.3. The third-order valence-electron chi connectivity index (χ3n) is 2.65. The number of carbonyl (C=O) groups is 1. The second kappa shape index (κ2) is 6.61. The molecule has 0 fully saturated rings. The van der Waals surface area contributed by atoms with Crippen molar-refractivity contribution in [1.29, 1.82) is 0 Å². The van der Waals surface area contributed by atoms with Gasteiger partial charge in [0.25, 0.3) is 5.91 Å². The van der Waals surface area contributed by atoms with Crippen LogP contribution in [0.5, 0.6) is 0 Å². The quantitative estimate of drug-likeness (QED) is 0.741. The van der Waals surface area contributed by atoms with Crippen molar-refractivity contribution in [3.8, 4) is 0 Å². The lowest BCUT2D eigenvalue weighted by molar-refractivity contribution is 0.100. The Kier molecular flexibility index (Phi) is 5.44. The van der Waals surface area contributed by atoms with Crippen LogP contribution in [0.3, 0.4) is 0 Å². The van der Waals surface area contributed by atoms with E-state index < -0.39 is 5.91 Å². The summed E-state index contributed by atoms with van der Waals surface area (Å²) in [4.78, 5) is 11.3. The second-order valence-corrected chi connectivity index (χ2v) is 5.20. The molecule has 1 aromatic rings. The van der Waals surface area contributed by atoms with E-state index in [1.807, 2.05) is 0 Å². The monoisotopic (exact) mass is 269 g/mol. The van der Waals surface area contributed by atoms with E-state index in [4.69, 9.17) is 23.1 Å². The van der Waals surface area contributed by atoms with Gasteiger partial charge in [0.15, 0.2) is 0 Å². The van der Waals surface area contributed by atoms with Gasteiger partial charge in [0, 0.05) is 23.3 Å². The molecule has 5 N–H and O–H groups in total. The fourth-order valence-corrected chi connectivity index (χ4v) is 2.03. The standard InChI is InChI=1S/C13H20ClN3O/c1-8(2)5-10(7-15)17-12-6-9(14)3-4-11(12)13(16)18/h3-4,6,8,10,17H,5,7,15H2,1-2H3,(H2,16,18). The zero-order valence-electron chi connectivity index (χ0n) is 10.7. The third kappa shape index (κ3) is 4.20. The van der Waals surface area contributed by atoms with Crippen molar-refractivity contribution in [1.82, 2.24) is 0 Å². The number of nitrogens with two attached hydrogens (primary N) is 2. The van der Waals surface area contributed by atoms with Gasteiger partial charge in [0.2, 0.25) is 0 Å². The van der Waals surface area contributed by atoms with Gasteiger partial charge < -0.3 is 16.8 Å². The smallest absolute Gasteiger partial charge is 0.250 e. The van der Waals surface area contributed by atoms with Gasteiger partial charge in [0.05, 0.1) is 5.56 Å². The van der Waals surface area contributed by atoms with Crippen molar-refractivity contribution < 1.29 is 4.79 Å². The molecule has 0 aliphatic carbocycles. The lowest BCUT2D eigenvalue weighted by Gasteiger charge is -2.21. The summed E-state index contributed by atoms with van der Waals surface area (Å²) in [7, 11) is 0. The maximum Gasteiger partial charge on any atom is 0.250 e. The molecule has 1 amide bonds. The van der Waals surface area contributed by atoms with Crippen LogP contribution >= 0.6 is 11.6 Å². The summed E-state index contributed by atoms with van der Waals surface area (Å²) in [6.07, 6.45) is 0.918. The number of hydrogen-bond acceptors (Lipinski definition) is 3. The van der Waals surface area contributed by atoms with Gasteiger partial charge >= 0.3 is 0 Å². The highest BCUT2D eigenvalue weighted by atomic mass is 35.5. The van der Waals surface area contributed by atoms with Crippen molar-refractivity contribution in [2.45, 2.75) is 26.3 Å². The molecule has 1 unspecified atom stereocenters. The molecule has 0 spiro atoms. The fourth-order valence-electron chi connectivity index (χ4n) is 1.85. The average molecular weight is 270 g/mol. The Labute approximate surface area is 113 Å². The van der Waals surface area contributed by atoms with Gasteiger partial charge in [-0.2, -0.15) is 0 Å². The zero-order valence-corrected chi connectivity index (χ0v) is 11.5. The molecule has 18 heavy (non-hydrogen) atoms. The molecule has 1 rings (SSSR count). The third-order valence-corrected chi connectivity index (χ3v) is 2.88. The van der Waals surface area contributed by atoms with Crippen LogP contribution < -0.4 is 16.8 Å². The summed E-state index contributed by atoms with van der Waals surface area (Å²) in [5.41, 5.74) is 12.1. The number of nitrogens with one attached hydrogen (secondary N) is 1. The largest absolute Gasteiger partial charge is 0.380 e. The maximum atomic E-state index is 11.3. The number of halogens is 1. The van der Waals surface area contributed by atoms with Crippen molar-refractivity contribution in [2.75, 3.05) is 11.9 Å². The summed E-state index contributed by atoms with van der Waals surface area (Å²) >= 11 is 5.93. The first kappa shape index (κ1) is 14.8. The average Bonchev–Trinajstić information content (AvgIpc) is 2.27. The summed E-state index contributed by atoms with van der Waals surface area (Å²) in [5, 5.41) is 3.80. The van der Waals surface area contributed by atoms with Crippen LogP contribution in [-0.2, 0) is 0 Å². The number of benzene rings is 1. The van der Waals surface area contributed by atoms with E-state index in [9.17, 15) is 4.79 Å². The minimum atomic E-state index is -0.477. The molecule has 100 valence electrons. The van der Waals surface area contributed by atoms with Crippen LogP contribution in [0.2, 0.25) is 5.02 Å². The van der Waals surface area contributed by atoms with Crippen LogP contribution in [-0.4, -0.2) is 18.5 Å². The SMILES string of the molecule is CC(C)CC(CN)Nc1cc(Cl)ccc1C(N)=O. The van der Waals surface area contributed by atoms with Crippen LogP contribution in [0.1, 0.15) is 30.6 Å². The van der Waals surface area contributed by atoms with Crippen LogP contribution in [0.25, 0.3) is 0 Å². The summed E-state index contributed by atoms with van der Waals surface area (Å²) in [6, 6.07) is 5.06. The van der Waals surface area contributed by atoms with E-state index in [1.54, 1.807) is 18.2 Å². The molecule has 4 nitrogen and oxygen atoms in total. The van der Waals surface area contributed by atoms with E-state index in [1.165, 1.54) is 0 Å². The number of primary amides is 1. The molecular weight excluding hydrogens is 250 g/mol. The Morgan fingerprint density at radius 1 is 1.44 bits per heavy atom. The molecule has 0 aromatic heterocycles. The van der Waals surface area contributed by atoms with E-state index in [-0.39, 0.29) is 6.04 Å². The lowest BCUT2D eigenvalue weighted by Crippen LogP contribution is -2.31. The predicted octanol–water partition coefficient (Wildman–Crippen LogP) is 2.22. The summed E-state index contributed by atoms with van der Waals surface area (Å²) in [5.74, 6) is 0.0387. The van der Waals surface area contributed by atoms with Crippen LogP contribution in [0.4, 0.5) is 5.69 Å². The van der Waals surface area contributed by atoms with Gasteiger partial charge in [-0.1, -0.05) is 25.4 Å². The first-order chi connectivity index (χ1) is 8.43. The summed E-state index contributed by atoms with van der Waals surface area (Å²) in [6.45, 7) is 4.73. The minimum absolute atomic E-state index is 0.0987. The normalized spacial score (nSPS) is 12.5. The van der Waals surface area contributed by atoms with Gasteiger partial charge in [-0.3, -0.25) is 4.79 Å². The van der Waals surface area contributed by atoms with Crippen LogP contribution in [0, 0.1) is 5.92 Å². The molecule has 5 heteroatoms. The van der Waals surface area contributed by atoms with Crippen molar-refractivity contribution in [3.63, 3.8) is 0 Å². The van der Waals surface area contributed by atoms with Gasteiger partial charge in [-0.05, 0) is 30.5 Å². The molecule has 0 aliphatic heterocycles. The molecule has 0 heterocycles.